The number of aliphatic hydroxyl groups is 3. The average molecular weight is 2200 g/mol. The number of hydrogen-bond donors (Lipinski definition) is 3. The molecule has 3 radical (unpaired) electrons. The fourth-order valence-electron chi connectivity index (χ4n) is 13.3. The molecule has 0 saturated carbocycles. The monoisotopic (exact) mass is 2200 g/mol. The molecule has 9 aromatic carbocycles. The molecule has 633 valence electrons. The van der Waals surface area contributed by atoms with Gasteiger partial charge in [-0.2, -0.15) is 0 Å². The Morgan fingerprint density at radius 1 is 0.328 bits per heavy atom. The standard InChI is InChI=1S/C33H32NS.C31H28NS.C28H22NS.3C5H8O2.3Ir/c1-32(2,3)26-18-25(19-27(20-26)33(4,5)6)31-21-29-30(35-31)16-15-28(34-29)24-14-10-13-23(17-24)22-11-8-7-9-12-22;1-20(2)25-14-9-15-26(21(3)4)31(25)30-19-28-29(33-30)17-16-27(32-28)24-13-8-12-23(18-24)22-10-6-5-7-11-22;1-19(2)20-11-13-22(14-12-20)28-18-26-27(30-28)16-15-25(29-26)24-10-6-9-23(17-24)21-7-4-3-5-8-21;3*1-4(6)3-5(2)7;;;/h7-13,15-21H,1-6H3;5-12,14-21H,1-4H3;3-9,11-19H,1-2H3;3*3,6H,1-2H3;;;/q3*-1;;;;;;. The third-order valence-electron chi connectivity index (χ3n) is 19.3. The molecule has 0 fully saturated rings. The van der Waals surface area contributed by atoms with E-state index in [9.17, 15) is 14.4 Å². The van der Waals surface area contributed by atoms with Crippen LogP contribution in [0.5, 0.6) is 0 Å². The molecule has 0 aliphatic heterocycles. The van der Waals surface area contributed by atoms with Gasteiger partial charge in [0, 0.05) is 93.2 Å². The van der Waals surface area contributed by atoms with Gasteiger partial charge >= 0.3 is 0 Å². The van der Waals surface area contributed by atoms with Crippen LogP contribution in [0, 0.1) is 18.2 Å². The van der Waals surface area contributed by atoms with E-state index in [2.05, 4.69) is 326 Å². The SMILES string of the molecule is CC(=O)C=C(C)O.CC(=O)C=C(C)O.CC(=O)C=C(C)O.CC(C)(C)c1cc(-c2cc3nc(-c4[c-]ccc(-c5ccccc5)c4)ccc3s2)cc(C(C)(C)C)c1.CC(C)c1ccc(-c2cc3nc(-c4[c-]ccc(-c5ccccc5)c4)ccc3s2)cc1.CC(C)c1cccc(C(C)C)c1-c1cc2nc(-c3[c-]ccc(-c4ccccc4)c3)ccc2s1.[Ir].[Ir].[Ir]. The van der Waals surface area contributed by atoms with Crippen molar-refractivity contribution in [2.75, 3.05) is 0 Å². The summed E-state index contributed by atoms with van der Waals surface area (Å²) in [6.07, 6.45) is 3.50. The van der Waals surface area contributed by atoms with Crippen LogP contribution in [0.2, 0.25) is 0 Å². The van der Waals surface area contributed by atoms with E-state index in [-0.39, 0.29) is 106 Å². The molecule has 0 saturated heterocycles. The van der Waals surface area contributed by atoms with Gasteiger partial charge in [-0.05, 0) is 197 Å². The van der Waals surface area contributed by atoms with Gasteiger partial charge in [0.15, 0.2) is 17.3 Å². The molecule has 122 heavy (non-hydrogen) atoms. The number of nitrogens with zero attached hydrogens (tertiary/aromatic N) is 3. The summed E-state index contributed by atoms with van der Waals surface area (Å²) < 4.78 is 3.64. The Morgan fingerprint density at radius 2 is 0.639 bits per heavy atom. The molecule has 6 aromatic heterocycles. The molecule has 6 heterocycles. The minimum Gasteiger partial charge on any atom is -0.512 e. The van der Waals surface area contributed by atoms with E-state index in [1.54, 1.807) is 11.3 Å². The van der Waals surface area contributed by atoms with Crippen LogP contribution < -0.4 is 0 Å². The average Bonchev–Trinajstić information content (AvgIpc) is 1.60. The van der Waals surface area contributed by atoms with E-state index in [0.29, 0.717) is 17.8 Å². The quantitative estimate of drug-likeness (QED) is 0.0518. The van der Waals surface area contributed by atoms with Crippen LogP contribution in [-0.4, -0.2) is 47.6 Å². The summed E-state index contributed by atoms with van der Waals surface area (Å²) in [5.41, 5.74) is 27.3. The van der Waals surface area contributed by atoms with E-state index in [1.807, 2.05) is 59.1 Å². The maximum atomic E-state index is 10.0. The normalized spacial score (nSPS) is 11.4. The number of hydrogen-bond acceptors (Lipinski definition) is 12. The summed E-state index contributed by atoms with van der Waals surface area (Å²) in [6.45, 7) is 35.9. The summed E-state index contributed by atoms with van der Waals surface area (Å²) in [5.74, 6) is 1.31. The number of aliphatic hydroxyl groups excluding tert-OH is 3. The number of pyridine rings is 3. The fraction of sp³-hybridized carbons (Fsp3) is 0.215. The molecule has 0 aliphatic rings. The number of carbonyl (C=O) groups excluding carboxylic acids is 3. The predicted molar refractivity (Wildman–Crippen MR) is 505 cm³/mol. The maximum Gasteiger partial charge on any atom is 0.155 e. The second-order valence-electron chi connectivity index (χ2n) is 32.5. The number of ketones is 3. The van der Waals surface area contributed by atoms with Crippen LogP contribution in [0.25, 0.3) is 129 Å². The fourth-order valence-corrected chi connectivity index (χ4v) is 16.4. The van der Waals surface area contributed by atoms with Gasteiger partial charge in [0.1, 0.15) is 0 Å². The molecular weight excluding hydrogens is 2100 g/mol. The van der Waals surface area contributed by atoms with Crippen LogP contribution in [0.15, 0.2) is 296 Å². The van der Waals surface area contributed by atoms with Crippen molar-refractivity contribution in [3.63, 3.8) is 0 Å². The van der Waals surface area contributed by atoms with Gasteiger partial charge < -0.3 is 15.3 Å². The number of benzene rings is 9. The number of fused-ring (bicyclic) bond motifs is 3. The van der Waals surface area contributed by atoms with Crippen LogP contribution in [-0.2, 0) is 85.5 Å². The van der Waals surface area contributed by atoms with E-state index in [4.69, 9.17) is 30.3 Å². The molecular formula is C107H106Ir3N3O6S3-3. The van der Waals surface area contributed by atoms with Gasteiger partial charge in [-0.3, -0.25) is 29.3 Å². The Balaban J connectivity index is 0.000000222. The Kier molecular flexibility index (Phi) is 37.2. The molecule has 15 rings (SSSR count). The number of thiophene rings is 3. The van der Waals surface area contributed by atoms with Crippen LogP contribution in [0.3, 0.4) is 0 Å². The van der Waals surface area contributed by atoms with Gasteiger partial charge in [-0.25, -0.2) is 0 Å². The number of rotatable bonds is 15. The molecule has 0 aliphatic carbocycles. The number of aromatic nitrogens is 3. The van der Waals surface area contributed by atoms with Crippen molar-refractivity contribution in [3.05, 3.63) is 342 Å². The first-order valence-corrected chi connectivity index (χ1v) is 42.6. The zero-order valence-electron chi connectivity index (χ0n) is 72.4. The minimum absolute atomic E-state index is 0. The summed E-state index contributed by atoms with van der Waals surface area (Å²) in [6, 6.07) is 103. The second kappa shape index (κ2) is 45.9. The molecule has 15 aromatic rings. The first-order valence-electron chi connectivity index (χ1n) is 40.1. The zero-order valence-corrected chi connectivity index (χ0v) is 82.1. The van der Waals surface area contributed by atoms with Gasteiger partial charge in [-0.15, -0.1) is 140 Å². The third kappa shape index (κ3) is 28.2. The smallest absolute Gasteiger partial charge is 0.155 e. The Morgan fingerprint density at radius 3 is 0.926 bits per heavy atom. The second-order valence-corrected chi connectivity index (χ2v) is 35.8. The summed E-state index contributed by atoms with van der Waals surface area (Å²) >= 11 is 5.46. The molecule has 3 N–H and O–H groups in total. The van der Waals surface area contributed by atoms with Gasteiger partial charge in [0.2, 0.25) is 0 Å². The third-order valence-corrected chi connectivity index (χ3v) is 22.7. The largest absolute Gasteiger partial charge is 0.512 e. The number of carbonyl (C=O) groups is 3. The summed E-state index contributed by atoms with van der Waals surface area (Å²) in [7, 11) is 0. The topological polar surface area (TPSA) is 151 Å². The summed E-state index contributed by atoms with van der Waals surface area (Å²) in [5, 5.41) is 25.1. The van der Waals surface area contributed by atoms with Crippen LogP contribution >= 0.6 is 34.0 Å². The van der Waals surface area contributed by atoms with Crippen molar-refractivity contribution in [2.45, 2.75) is 153 Å². The Bertz CT molecular complexity index is 5970. The zero-order chi connectivity index (χ0) is 85.8. The van der Waals surface area contributed by atoms with Crippen molar-refractivity contribution in [1.29, 1.82) is 0 Å². The van der Waals surface area contributed by atoms with E-state index in [1.165, 1.54) is 166 Å². The van der Waals surface area contributed by atoms with Gasteiger partial charge in [0.25, 0.3) is 0 Å². The Labute approximate surface area is 774 Å². The minimum atomic E-state index is -0.125. The van der Waals surface area contributed by atoms with E-state index >= 15 is 0 Å². The van der Waals surface area contributed by atoms with Gasteiger partial charge in [0.05, 0.1) is 47.9 Å². The van der Waals surface area contributed by atoms with Gasteiger partial charge in [-0.1, -0.05) is 241 Å². The van der Waals surface area contributed by atoms with E-state index < -0.39 is 0 Å². The molecule has 0 amide bonds. The summed E-state index contributed by atoms with van der Waals surface area (Å²) in [4.78, 5) is 48.9. The number of allylic oxidation sites excluding steroid dienone is 6. The van der Waals surface area contributed by atoms with Crippen LogP contribution in [0.4, 0.5) is 0 Å². The van der Waals surface area contributed by atoms with Crippen molar-refractivity contribution >= 4 is 82.0 Å². The first kappa shape index (κ1) is 99.0. The van der Waals surface area contributed by atoms with Crippen molar-refractivity contribution in [3.8, 4) is 98.5 Å². The Hall–Kier alpha value is -10.1. The van der Waals surface area contributed by atoms with Crippen molar-refractivity contribution in [2.24, 2.45) is 0 Å². The molecule has 0 spiro atoms. The molecule has 0 atom stereocenters. The van der Waals surface area contributed by atoms with Crippen molar-refractivity contribution in [1.82, 2.24) is 15.0 Å². The molecule has 9 nitrogen and oxygen atoms in total. The molecule has 0 bridgehead atoms. The van der Waals surface area contributed by atoms with Crippen LogP contribution in [0.1, 0.15) is 170 Å². The maximum absolute atomic E-state index is 10.0. The first-order chi connectivity index (χ1) is 56.6. The molecule has 15 heteroatoms. The van der Waals surface area contributed by atoms with E-state index in [0.717, 1.165) is 50.3 Å². The molecule has 0 unspecified atom stereocenters. The van der Waals surface area contributed by atoms with Crippen molar-refractivity contribution < 1.29 is 90.0 Å². The predicted octanol–water partition coefficient (Wildman–Crippen LogP) is 30.4.